The van der Waals surface area contributed by atoms with Crippen molar-refractivity contribution >= 4 is 28.2 Å². The molecule has 0 atom stereocenters. The Morgan fingerprint density at radius 3 is 2.57 bits per heavy atom. The average Bonchev–Trinajstić information content (AvgIpc) is 2.87. The molecule has 0 radical (unpaired) electrons. The van der Waals surface area contributed by atoms with Gasteiger partial charge in [0.2, 0.25) is 10.1 Å². The Morgan fingerprint density at radius 1 is 1.24 bits per heavy atom. The molecule has 6 nitrogen and oxygen atoms in total. The molecule has 2 N–H and O–H groups in total. The number of alkyl halides is 3. The van der Waals surface area contributed by atoms with Crippen LogP contribution in [0.25, 0.3) is 0 Å². The van der Waals surface area contributed by atoms with Crippen LogP contribution in [0.5, 0.6) is 5.75 Å². The van der Waals surface area contributed by atoms with E-state index < -0.39 is 17.2 Å². The molecule has 2 rings (SSSR count). The topological polar surface area (TPSA) is 76.1 Å². The number of aromatic nitrogens is 2. The predicted octanol–water partition coefficient (Wildman–Crippen LogP) is 3.21. The van der Waals surface area contributed by atoms with E-state index in [1.807, 2.05) is 0 Å². The van der Waals surface area contributed by atoms with Crippen molar-refractivity contribution in [3.8, 4) is 5.75 Å². The molecule has 0 spiro atoms. The standard InChI is InChI=1S/C11H9F3N4O2S/c1-20-7-5-3-2-4-6(7)15-9(19)16-10-18-17-8(21-10)11(12,13)14/h2-5H,1H3,(H2,15,16,18,19). The van der Waals surface area contributed by atoms with Crippen molar-refractivity contribution < 1.29 is 22.7 Å². The molecule has 0 bridgehead atoms. The number of nitrogens with zero attached hydrogens (tertiary/aromatic N) is 2. The van der Waals surface area contributed by atoms with E-state index in [4.69, 9.17) is 4.74 Å². The minimum Gasteiger partial charge on any atom is -0.495 e. The van der Waals surface area contributed by atoms with E-state index in [0.717, 1.165) is 0 Å². The number of carbonyl (C=O) groups is 1. The summed E-state index contributed by atoms with van der Waals surface area (Å²) in [6.45, 7) is 0. The van der Waals surface area contributed by atoms with Crippen molar-refractivity contribution in [1.82, 2.24) is 10.2 Å². The zero-order chi connectivity index (χ0) is 15.5. The number of methoxy groups -OCH3 is 1. The maximum Gasteiger partial charge on any atom is 0.445 e. The molecule has 2 aromatic rings. The first-order valence-corrected chi connectivity index (χ1v) is 6.33. The Morgan fingerprint density at radius 2 is 1.95 bits per heavy atom. The number of rotatable bonds is 3. The van der Waals surface area contributed by atoms with E-state index in [2.05, 4.69) is 20.8 Å². The molecule has 0 unspecified atom stereocenters. The quantitative estimate of drug-likeness (QED) is 0.911. The summed E-state index contributed by atoms with van der Waals surface area (Å²) < 4.78 is 42.1. The monoisotopic (exact) mass is 318 g/mol. The van der Waals surface area contributed by atoms with E-state index in [0.29, 0.717) is 11.4 Å². The molecule has 2 amide bonds. The van der Waals surface area contributed by atoms with Gasteiger partial charge in [0, 0.05) is 0 Å². The van der Waals surface area contributed by atoms with Gasteiger partial charge in [-0.15, -0.1) is 10.2 Å². The van der Waals surface area contributed by atoms with Crippen LogP contribution in [0.2, 0.25) is 0 Å². The molecule has 0 aliphatic rings. The molecular formula is C11H9F3N4O2S. The number of ether oxygens (including phenoxy) is 1. The smallest absolute Gasteiger partial charge is 0.445 e. The second-order valence-electron chi connectivity index (χ2n) is 3.69. The average molecular weight is 318 g/mol. The fourth-order valence-electron chi connectivity index (χ4n) is 1.39. The summed E-state index contributed by atoms with van der Waals surface area (Å²) in [7, 11) is 1.43. The molecule has 21 heavy (non-hydrogen) atoms. The number of nitrogens with one attached hydrogen (secondary N) is 2. The molecule has 1 aromatic heterocycles. The van der Waals surface area contributed by atoms with Crippen molar-refractivity contribution in [3.05, 3.63) is 29.3 Å². The van der Waals surface area contributed by atoms with Crippen molar-refractivity contribution in [1.29, 1.82) is 0 Å². The summed E-state index contributed by atoms with van der Waals surface area (Å²) in [5.41, 5.74) is 0.373. The number of anilines is 2. The van der Waals surface area contributed by atoms with Crippen LogP contribution in [-0.4, -0.2) is 23.3 Å². The fraction of sp³-hybridized carbons (Fsp3) is 0.182. The van der Waals surface area contributed by atoms with Gasteiger partial charge in [-0.2, -0.15) is 13.2 Å². The maximum absolute atomic E-state index is 12.3. The number of halogens is 3. The predicted molar refractivity (Wildman–Crippen MR) is 70.5 cm³/mol. The number of hydrogen-bond acceptors (Lipinski definition) is 5. The van der Waals surface area contributed by atoms with E-state index >= 15 is 0 Å². The summed E-state index contributed by atoms with van der Waals surface area (Å²) in [5, 5.41) is 9.44. The lowest BCUT2D eigenvalue weighted by molar-refractivity contribution is -0.138. The lowest BCUT2D eigenvalue weighted by atomic mass is 10.3. The number of carbonyl (C=O) groups excluding carboxylic acids is 1. The maximum atomic E-state index is 12.3. The van der Waals surface area contributed by atoms with Gasteiger partial charge in [0.25, 0.3) is 0 Å². The van der Waals surface area contributed by atoms with Crippen LogP contribution >= 0.6 is 11.3 Å². The molecule has 112 valence electrons. The Hall–Kier alpha value is -2.36. The van der Waals surface area contributed by atoms with Crippen LogP contribution in [0.4, 0.5) is 28.8 Å². The third kappa shape index (κ3) is 3.81. The molecule has 0 saturated heterocycles. The summed E-state index contributed by atoms with van der Waals surface area (Å²) in [5.74, 6) is 0.417. The Kier molecular flexibility index (Phi) is 4.26. The number of para-hydroxylation sites is 2. The molecule has 1 aromatic carbocycles. The second kappa shape index (κ2) is 5.95. The number of amides is 2. The summed E-state index contributed by atoms with van der Waals surface area (Å²) in [6.07, 6.45) is -4.59. The molecule has 10 heteroatoms. The molecule has 1 heterocycles. The van der Waals surface area contributed by atoms with E-state index in [1.165, 1.54) is 7.11 Å². The van der Waals surface area contributed by atoms with Crippen LogP contribution in [0, 0.1) is 0 Å². The summed E-state index contributed by atoms with van der Waals surface area (Å²) in [4.78, 5) is 11.7. The first-order chi connectivity index (χ1) is 9.90. The van der Waals surface area contributed by atoms with Gasteiger partial charge < -0.3 is 10.1 Å². The van der Waals surface area contributed by atoms with Crippen molar-refractivity contribution in [3.63, 3.8) is 0 Å². The normalized spacial score (nSPS) is 11.0. The van der Waals surface area contributed by atoms with Crippen molar-refractivity contribution in [2.24, 2.45) is 0 Å². The first kappa shape index (κ1) is 15.0. The third-order valence-electron chi connectivity index (χ3n) is 2.24. The number of hydrogen-bond donors (Lipinski definition) is 2. The first-order valence-electron chi connectivity index (χ1n) is 5.52. The van der Waals surface area contributed by atoms with Crippen LogP contribution in [0.1, 0.15) is 5.01 Å². The molecule has 0 fully saturated rings. The van der Waals surface area contributed by atoms with E-state index in [9.17, 15) is 18.0 Å². The molecule has 0 aliphatic carbocycles. The van der Waals surface area contributed by atoms with Crippen LogP contribution in [0.15, 0.2) is 24.3 Å². The van der Waals surface area contributed by atoms with Gasteiger partial charge in [-0.25, -0.2) is 4.79 Å². The minimum absolute atomic E-state index is 0.238. The van der Waals surface area contributed by atoms with Gasteiger partial charge in [0.1, 0.15) is 5.75 Å². The highest BCUT2D eigenvalue weighted by molar-refractivity contribution is 7.15. The molecule has 0 saturated carbocycles. The molecule has 0 aliphatic heterocycles. The highest BCUT2D eigenvalue weighted by Crippen LogP contribution is 2.33. The van der Waals surface area contributed by atoms with Crippen LogP contribution < -0.4 is 15.4 Å². The highest BCUT2D eigenvalue weighted by Gasteiger charge is 2.35. The largest absolute Gasteiger partial charge is 0.495 e. The Labute approximate surface area is 121 Å². The van der Waals surface area contributed by atoms with Crippen molar-refractivity contribution in [2.45, 2.75) is 6.18 Å². The van der Waals surface area contributed by atoms with Crippen molar-refractivity contribution in [2.75, 3.05) is 17.7 Å². The summed E-state index contributed by atoms with van der Waals surface area (Å²) in [6, 6.07) is 5.85. The number of benzene rings is 1. The second-order valence-corrected chi connectivity index (χ2v) is 4.67. The lowest BCUT2D eigenvalue weighted by Crippen LogP contribution is -2.19. The van der Waals surface area contributed by atoms with E-state index in [1.54, 1.807) is 24.3 Å². The fourth-order valence-corrected chi connectivity index (χ4v) is 1.99. The third-order valence-corrected chi connectivity index (χ3v) is 3.13. The lowest BCUT2D eigenvalue weighted by Gasteiger charge is -2.09. The van der Waals surface area contributed by atoms with Gasteiger partial charge in [-0.1, -0.05) is 23.5 Å². The van der Waals surface area contributed by atoms with Gasteiger partial charge in [-0.3, -0.25) is 5.32 Å². The minimum atomic E-state index is -4.59. The molecular weight excluding hydrogens is 309 g/mol. The Bertz CT molecular complexity index is 644. The zero-order valence-corrected chi connectivity index (χ0v) is 11.4. The van der Waals surface area contributed by atoms with Gasteiger partial charge >= 0.3 is 12.2 Å². The van der Waals surface area contributed by atoms with Gasteiger partial charge in [-0.05, 0) is 12.1 Å². The van der Waals surface area contributed by atoms with Crippen LogP contribution in [-0.2, 0) is 6.18 Å². The Balaban J connectivity index is 2.03. The zero-order valence-electron chi connectivity index (χ0n) is 10.6. The van der Waals surface area contributed by atoms with E-state index in [-0.39, 0.29) is 16.5 Å². The van der Waals surface area contributed by atoms with Crippen LogP contribution in [0.3, 0.4) is 0 Å². The highest BCUT2D eigenvalue weighted by atomic mass is 32.1. The SMILES string of the molecule is COc1ccccc1NC(=O)Nc1nnc(C(F)(F)F)s1. The number of urea groups is 1. The van der Waals surface area contributed by atoms with Gasteiger partial charge in [0.05, 0.1) is 12.8 Å². The summed E-state index contributed by atoms with van der Waals surface area (Å²) >= 11 is 0.238. The van der Waals surface area contributed by atoms with Gasteiger partial charge in [0.15, 0.2) is 0 Å².